The minimum atomic E-state index is -0.0982. The Balaban J connectivity index is 0.00000261. The Bertz CT molecular complexity index is 698. The van der Waals surface area contributed by atoms with Gasteiger partial charge in [-0.1, -0.05) is 12.1 Å². The molecular formula is C20H27ClN2O3S. The van der Waals surface area contributed by atoms with Gasteiger partial charge in [-0.2, -0.15) is 0 Å². The third-order valence-electron chi connectivity index (χ3n) is 4.42. The van der Waals surface area contributed by atoms with Crippen LogP contribution in [0.25, 0.3) is 0 Å². The summed E-state index contributed by atoms with van der Waals surface area (Å²) in [5, 5.41) is 5.11. The molecule has 27 heavy (non-hydrogen) atoms. The maximum Gasteiger partial charge on any atom is 0.258 e. The van der Waals surface area contributed by atoms with Crippen LogP contribution in [0.15, 0.2) is 35.7 Å². The molecule has 0 saturated carbocycles. The molecule has 3 rings (SSSR count). The molecule has 2 heterocycles. The number of nitrogens with zero attached hydrogens (tertiary/aromatic N) is 1. The maximum absolute atomic E-state index is 12.3. The van der Waals surface area contributed by atoms with Gasteiger partial charge in [0, 0.05) is 24.5 Å². The first-order chi connectivity index (χ1) is 12.6. The van der Waals surface area contributed by atoms with Crippen LogP contribution in [0.5, 0.6) is 5.75 Å². The Kier molecular flexibility index (Phi) is 8.57. The summed E-state index contributed by atoms with van der Waals surface area (Å²) in [7, 11) is 0. The molecule has 5 nitrogen and oxygen atoms in total. The van der Waals surface area contributed by atoms with E-state index in [1.54, 1.807) is 11.3 Å². The fraction of sp³-hybridized carbons (Fsp3) is 0.450. The van der Waals surface area contributed by atoms with E-state index in [-0.39, 0.29) is 31.0 Å². The molecule has 1 aliphatic heterocycles. The van der Waals surface area contributed by atoms with Crippen LogP contribution in [-0.4, -0.2) is 50.3 Å². The van der Waals surface area contributed by atoms with Gasteiger partial charge in [0.25, 0.3) is 5.91 Å². The van der Waals surface area contributed by atoms with Crippen LogP contribution in [-0.2, 0) is 9.53 Å². The van der Waals surface area contributed by atoms with Crippen LogP contribution in [0.2, 0.25) is 0 Å². The molecule has 1 atom stereocenters. The highest BCUT2D eigenvalue weighted by molar-refractivity contribution is 7.10. The van der Waals surface area contributed by atoms with Crippen molar-refractivity contribution in [3.63, 3.8) is 0 Å². The Hall–Kier alpha value is -1.60. The fourth-order valence-corrected chi connectivity index (χ4v) is 4.07. The normalized spacial score (nSPS) is 15.6. The number of rotatable bonds is 7. The van der Waals surface area contributed by atoms with E-state index in [4.69, 9.17) is 9.47 Å². The topological polar surface area (TPSA) is 50.8 Å². The maximum atomic E-state index is 12.3. The molecule has 0 aliphatic carbocycles. The molecule has 1 saturated heterocycles. The van der Waals surface area contributed by atoms with Crippen molar-refractivity contribution >= 4 is 29.7 Å². The Labute approximate surface area is 171 Å². The number of morpholine rings is 1. The quantitative estimate of drug-likeness (QED) is 0.760. The molecule has 1 amide bonds. The number of hydrogen-bond donors (Lipinski definition) is 1. The summed E-state index contributed by atoms with van der Waals surface area (Å²) < 4.78 is 11.1. The Morgan fingerprint density at radius 2 is 1.96 bits per heavy atom. The summed E-state index contributed by atoms with van der Waals surface area (Å²) in [4.78, 5) is 15.9. The molecule has 1 aromatic heterocycles. The lowest BCUT2D eigenvalue weighted by atomic mass is 10.1. The summed E-state index contributed by atoms with van der Waals surface area (Å²) in [5.74, 6) is 0.639. The van der Waals surface area contributed by atoms with E-state index in [1.165, 1.54) is 4.88 Å². The number of nitrogens with one attached hydrogen (secondary N) is 1. The molecule has 1 aromatic carbocycles. The first-order valence-corrected chi connectivity index (χ1v) is 9.83. The molecular weight excluding hydrogens is 384 g/mol. The summed E-state index contributed by atoms with van der Waals surface area (Å²) >= 11 is 1.72. The molecule has 1 unspecified atom stereocenters. The van der Waals surface area contributed by atoms with Crippen molar-refractivity contribution in [2.24, 2.45) is 0 Å². The second-order valence-corrected chi connectivity index (χ2v) is 7.57. The zero-order valence-corrected chi connectivity index (χ0v) is 17.4. The highest BCUT2D eigenvalue weighted by Gasteiger charge is 2.23. The Morgan fingerprint density at radius 3 is 2.59 bits per heavy atom. The molecule has 148 valence electrons. The van der Waals surface area contributed by atoms with Gasteiger partial charge in [0.15, 0.2) is 6.61 Å². The lowest BCUT2D eigenvalue weighted by Gasteiger charge is -2.34. The minimum absolute atomic E-state index is 0. The van der Waals surface area contributed by atoms with Crippen LogP contribution in [0.1, 0.15) is 22.0 Å². The number of aryl methyl sites for hydroxylation is 2. The van der Waals surface area contributed by atoms with Crippen LogP contribution < -0.4 is 10.1 Å². The van der Waals surface area contributed by atoms with Crippen LogP contribution in [0, 0.1) is 13.8 Å². The molecule has 7 heteroatoms. The van der Waals surface area contributed by atoms with Gasteiger partial charge >= 0.3 is 0 Å². The predicted molar refractivity (Wildman–Crippen MR) is 111 cm³/mol. The molecule has 1 N–H and O–H groups in total. The van der Waals surface area contributed by atoms with Crippen LogP contribution >= 0.6 is 23.7 Å². The molecule has 0 spiro atoms. The largest absolute Gasteiger partial charge is 0.484 e. The smallest absolute Gasteiger partial charge is 0.258 e. The van der Waals surface area contributed by atoms with E-state index in [0.29, 0.717) is 6.54 Å². The number of benzene rings is 1. The molecule has 2 aromatic rings. The monoisotopic (exact) mass is 410 g/mol. The van der Waals surface area contributed by atoms with Gasteiger partial charge in [-0.15, -0.1) is 23.7 Å². The van der Waals surface area contributed by atoms with Crippen molar-refractivity contribution < 1.29 is 14.3 Å². The minimum Gasteiger partial charge on any atom is -0.484 e. The highest BCUT2D eigenvalue weighted by Crippen LogP contribution is 2.25. The SMILES string of the molecule is Cc1cc(C)cc(OCC(=O)NCC(c2cccs2)N2CCOCC2)c1.Cl. The van der Waals surface area contributed by atoms with E-state index >= 15 is 0 Å². The second kappa shape index (κ2) is 10.7. The van der Waals surface area contributed by atoms with E-state index < -0.39 is 0 Å². The van der Waals surface area contributed by atoms with Crippen LogP contribution in [0.4, 0.5) is 0 Å². The highest BCUT2D eigenvalue weighted by atomic mass is 35.5. The molecule has 0 bridgehead atoms. The average Bonchev–Trinajstić information content (AvgIpc) is 3.15. The number of carbonyl (C=O) groups excluding carboxylic acids is 1. The van der Waals surface area contributed by atoms with E-state index in [9.17, 15) is 4.79 Å². The summed E-state index contributed by atoms with van der Waals surface area (Å²) in [5.41, 5.74) is 2.26. The van der Waals surface area contributed by atoms with E-state index in [2.05, 4.69) is 33.8 Å². The van der Waals surface area contributed by atoms with Gasteiger partial charge in [0.05, 0.1) is 19.3 Å². The average molecular weight is 411 g/mol. The number of carbonyl (C=O) groups is 1. The van der Waals surface area contributed by atoms with E-state index in [1.807, 2.05) is 26.0 Å². The Morgan fingerprint density at radius 1 is 1.26 bits per heavy atom. The summed E-state index contributed by atoms with van der Waals surface area (Å²) in [6.45, 7) is 7.91. The number of thiophene rings is 1. The second-order valence-electron chi connectivity index (χ2n) is 6.60. The van der Waals surface area contributed by atoms with Gasteiger partial charge in [-0.25, -0.2) is 0 Å². The standard InChI is InChI=1S/C20H26N2O3S.ClH/c1-15-10-16(2)12-17(11-15)25-14-20(23)21-13-18(19-4-3-9-26-19)22-5-7-24-8-6-22;/h3-4,9-12,18H,5-8,13-14H2,1-2H3,(H,21,23);1H. The van der Waals surface area contributed by atoms with Crippen LogP contribution in [0.3, 0.4) is 0 Å². The van der Waals surface area contributed by atoms with Gasteiger partial charge in [-0.3, -0.25) is 9.69 Å². The first kappa shape index (κ1) is 21.7. The first-order valence-electron chi connectivity index (χ1n) is 8.95. The fourth-order valence-electron chi connectivity index (χ4n) is 3.21. The van der Waals surface area contributed by atoms with Crippen molar-refractivity contribution in [3.05, 3.63) is 51.7 Å². The molecule has 0 radical (unpaired) electrons. The van der Waals surface area contributed by atoms with Crippen molar-refractivity contribution in [1.29, 1.82) is 0 Å². The lowest BCUT2D eigenvalue weighted by molar-refractivity contribution is -0.123. The van der Waals surface area contributed by atoms with Crippen molar-refractivity contribution in [3.8, 4) is 5.75 Å². The van der Waals surface area contributed by atoms with Gasteiger partial charge < -0.3 is 14.8 Å². The number of ether oxygens (including phenoxy) is 2. The lowest BCUT2D eigenvalue weighted by Crippen LogP contribution is -2.44. The molecule has 1 fully saturated rings. The number of halogens is 1. The predicted octanol–water partition coefficient (Wildman–Crippen LogP) is 3.36. The number of amides is 1. The van der Waals surface area contributed by atoms with E-state index in [0.717, 1.165) is 43.2 Å². The van der Waals surface area contributed by atoms with Gasteiger partial charge in [-0.05, 0) is 48.6 Å². The van der Waals surface area contributed by atoms with Gasteiger partial charge in [0.2, 0.25) is 0 Å². The van der Waals surface area contributed by atoms with Crippen molar-refractivity contribution in [1.82, 2.24) is 10.2 Å². The third-order valence-corrected chi connectivity index (χ3v) is 5.39. The zero-order valence-electron chi connectivity index (χ0n) is 15.8. The third kappa shape index (κ3) is 6.50. The molecule has 1 aliphatic rings. The number of hydrogen-bond acceptors (Lipinski definition) is 5. The zero-order chi connectivity index (χ0) is 18.4. The van der Waals surface area contributed by atoms with Gasteiger partial charge in [0.1, 0.15) is 5.75 Å². The summed E-state index contributed by atoms with van der Waals surface area (Å²) in [6.07, 6.45) is 0. The van der Waals surface area contributed by atoms with Crippen molar-refractivity contribution in [2.75, 3.05) is 39.5 Å². The van der Waals surface area contributed by atoms with Crippen molar-refractivity contribution in [2.45, 2.75) is 19.9 Å². The summed E-state index contributed by atoms with van der Waals surface area (Å²) in [6, 6.07) is 10.3.